The van der Waals surface area contributed by atoms with Gasteiger partial charge in [-0.05, 0) is 25.3 Å². The minimum absolute atomic E-state index is 0.0694. The average Bonchev–Trinajstić information content (AvgIpc) is 2.42. The van der Waals surface area contributed by atoms with E-state index in [1.165, 1.54) is 12.8 Å². The van der Waals surface area contributed by atoms with Gasteiger partial charge in [0.15, 0.2) is 0 Å². The summed E-state index contributed by atoms with van der Waals surface area (Å²) >= 11 is 0. The minimum atomic E-state index is -0.106. The quantitative estimate of drug-likeness (QED) is 0.584. The van der Waals surface area contributed by atoms with Crippen molar-refractivity contribution < 1.29 is 4.39 Å². The lowest BCUT2D eigenvalue weighted by Gasteiger charge is -2.23. The second-order valence-corrected chi connectivity index (χ2v) is 3.72. The molecule has 0 unspecified atom stereocenters. The van der Waals surface area contributed by atoms with Crippen LogP contribution in [0.5, 0.6) is 0 Å². The Morgan fingerprint density at radius 3 is 3.20 bits per heavy atom. The van der Waals surface area contributed by atoms with Gasteiger partial charge in [-0.3, -0.25) is 4.39 Å². The Hall–Kier alpha value is -0.110. The number of fused-ring (bicyclic) bond motifs is 1. The summed E-state index contributed by atoms with van der Waals surface area (Å²) in [5.74, 6) is 0.650. The topological polar surface area (TPSA) is 12.0 Å². The number of rotatable bonds is 1. The maximum atomic E-state index is 12.6. The van der Waals surface area contributed by atoms with Crippen molar-refractivity contribution in [1.29, 1.82) is 0 Å². The average molecular weight is 143 g/mol. The summed E-state index contributed by atoms with van der Waals surface area (Å²) in [5.41, 5.74) is 0.0694. The molecule has 0 amide bonds. The monoisotopic (exact) mass is 143 g/mol. The van der Waals surface area contributed by atoms with Crippen LogP contribution in [0.2, 0.25) is 0 Å². The zero-order valence-corrected chi connectivity index (χ0v) is 6.20. The number of halogens is 1. The highest BCUT2D eigenvalue weighted by Crippen LogP contribution is 2.45. The van der Waals surface area contributed by atoms with E-state index in [1.807, 2.05) is 0 Å². The van der Waals surface area contributed by atoms with Gasteiger partial charge in [0.05, 0.1) is 6.67 Å². The van der Waals surface area contributed by atoms with Crippen LogP contribution in [0.25, 0.3) is 0 Å². The van der Waals surface area contributed by atoms with Gasteiger partial charge in [0.25, 0.3) is 0 Å². The molecule has 0 bridgehead atoms. The molecule has 58 valence electrons. The normalized spacial score (nSPS) is 45.9. The molecule has 2 aliphatic rings. The predicted molar refractivity (Wildman–Crippen MR) is 38.6 cm³/mol. The highest BCUT2D eigenvalue weighted by Gasteiger charge is 2.45. The van der Waals surface area contributed by atoms with Crippen molar-refractivity contribution in [2.45, 2.75) is 19.3 Å². The SMILES string of the molecule is FC[C@@]12CCC[C@H]1CNC2. The van der Waals surface area contributed by atoms with Crippen molar-refractivity contribution in [2.75, 3.05) is 19.8 Å². The van der Waals surface area contributed by atoms with Crippen LogP contribution in [-0.2, 0) is 0 Å². The van der Waals surface area contributed by atoms with E-state index >= 15 is 0 Å². The van der Waals surface area contributed by atoms with Crippen LogP contribution in [0, 0.1) is 11.3 Å². The Morgan fingerprint density at radius 2 is 2.50 bits per heavy atom. The first-order valence-corrected chi connectivity index (χ1v) is 4.14. The summed E-state index contributed by atoms with van der Waals surface area (Å²) in [4.78, 5) is 0. The molecule has 1 N–H and O–H groups in total. The molecule has 0 spiro atoms. The van der Waals surface area contributed by atoms with E-state index in [9.17, 15) is 4.39 Å². The number of nitrogens with one attached hydrogen (secondary N) is 1. The van der Waals surface area contributed by atoms with Crippen LogP contribution < -0.4 is 5.32 Å². The largest absolute Gasteiger partial charge is 0.316 e. The second-order valence-electron chi connectivity index (χ2n) is 3.72. The van der Waals surface area contributed by atoms with Crippen LogP contribution in [-0.4, -0.2) is 19.8 Å². The van der Waals surface area contributed by atoms with Gasteiger partial charge >= 0.3 is 0 Å². The molecule has 0 aromatic heterocycles. The van der Waals surface area contributed by atoms with Crippen molar-refractivity contribution >= 4 is 0 Å². The lowest BCUT2D eigenvalue weighted by Crippen LogP contribution is -2.27. The molecule has 1 heterocycles. The highest BCUT2D eigenvalue weighted by atomic mass is 19.1. The maximum absolute atomic E-state index is 12.6. The Kier molecular flexibility index (Phi) is 1.44. The molecule has 2 fully saturated rings. The summed E-state index contributed by atoms with van der Waals surface area (Å²) in [6, 6.07) is 0. The van der Waals surface area contributed by atoms with Gasteiger partial charge in [-0.2, -0.15) is 0 Å². The molecule has 10 heavy (non-hydrogen) atoms. The van der Waals surface area contributed by atoms with Crippen molar-refractivity contribution in [3.8, 4) is 0 Å². The van der Waals surface area contributed by atoms with Gasteiger partial charge in [-0.1, -0.05) is 6.42 Å². The van der Waals surface area contributed by atoms with Crippen LogP contribution in [0.4, 0.5) is 4.39 Å². The Labute approximate surface area is 61.0 Å². The fourth-order valence-corrected chi connectivity index (χ4v) is 2.48. The smallest absolute Gasteiger partial charge is 0.0965 e. The molecule has 0 radical (unpaired) electrons. The van der Waals surface area contributed by atoms with E-state index in [1.54, 1.807) is 0 Å². The van der Waals surface area contributed by atoms with E-state index in [4.69, 9.17) is 0 Å². The molecule has 2 heteroatoms. The summed E-state index contributed by atoms with van der Waals surface area (Å²) in [6.45, 7) is 1.88. The van der Waals surface area contributed by atoms with Crippen LogP contribution >= 0.6 is 0 Å². The summed E-state index contributed by atoms with van der Waals surface area (Å²) in [7, 11) is 0. The summed E-state index contributed by atoms with van der Waals surface area (Å²) in [6.07, 6.45) is 3.61. The molecular weight excluding hydrogens is 129 g/mol. The second kappa shape index (κ2) is 2.19. The van der Waals surface area contributed by atoms with E-state index < -0.39 is 0 Å². The molecule has 1 aliphatic carbocycles. The van der Waals surface area contributed by atoms with Crippen molar-refractivity contribution in [2.24, 2.45) is 11.3 Å². The van der Waals surface area contributed by atoms with Crippen molar-refractivity contribution in [3.05, 3.63) is 0 Å². The fraction of sp³-hybridized carbons (Fsp3) is 1.00. The summed E-state index contributed by atoms with van der Waals surface area (Å²) in [5, 5.41) is 3.28. The predicted octanol–water partition coefficient (Wildman–Crippen LogP) is 1.35. The molecule has 2 atom stereocenters. The third-order valence-electron chi connectivity index (χ3n) is 3.23. The van der Waals surface area contributed by atoms with Crippen molar-refractivity contribution in [1.82, 2.24) is 5.32 Å². The zero-order valence-electron chi connectivity index (χ0n) is 6.20. The highest BCUT2D eigenvalue weighted by molar-refractivity contribution is 4.98. The standard InChI is InChI=1S/C8H14FN/c9-5-8-3-1-2-7(8)4-10-6-8/h7,10H,1-6H2/t7-,8+/m0/s1. The van der Waals surface area contributed by atoms with E-state index in [2.05, 4.69) is 5.32 Å². The number of alkyl halides is 1. The summed E-state index contributed by atoms with van der Waals surface area (Å²) < 4.78 is 12.6. The third-order valence-corrected chi connectivity index (χ3v) is 3.23. The van der Waals surface area contributed by atoms with Gasteiger partial charge < -0.3 is 5.32 Å². The zero-order chi connectivity index (χ0) is 7.03. The van der Waals surface area contributed by atoms with Crippen LogP contribution in [0.1, 0.15) is 19.3 Å². The van der Waals surface area contributed by atoms with Crippen LogP contribution in [0.3, 0.4) is 0 Å². The Balaban J connectivity index is 2.15. The van der Waals surface area contributed by atoms with Gasteiger partial charge in [0, 0.05) is 12.0 Å². The molecule has 1 saturated heterocycles. The lowest BCUT2D eigenvalue weighted by molar-refractivity contribution is 0.195. The minimum Gasteiger partial charge on any atom is -0.316 e. The van der Waals surface area contributed by atoms with Gasteiger partial charge in [-0.15, -0.1) is 0 Å². The van der Waals surface area contributed by atoms with Gasteiger partial charge in [0.2, 0.25) is 0 Å². The maximum Gasteiger partial charge on any atom is 0.0965 e. The van der Waals surface area contributed by atoms with E-state index in [-0.39, 0.29) is 12.1 Å². The third kappa shape index (κ3) is 0.715. The molecule has 0 aromatic carbocycles. The molecule has 1 nitrogen and oxygen atoms in total. The van der Waals surface area contributed by atoms with E-state index in [0.717, 1.165) is 19.5 Å². The van der Waals surface area contributed by atoms with Gasteiger partial charge in [-0.25, -0.2) is 0 Å². The molecule has 2 rings (SSSR count). The molecule has 0 aromatic rings. The first-order chi connectivity index (χ1) is 4.87. The van der Waals surface area contributed by atoms with Crippen molar-refractivity contribution in [3.63, 3.8) is 0 Å². The first-order valence-electron chi connectivity index (χ1n) is 4.14. The molecular formula is C8H14FN. The van der Waals surface area contributed by atoms with Crippen LogP contribution in [0.15, 0.2) is 0 Å². The Morgan fingerprint density at radius 1 is 1.60 bits per heavy atom. The lowest BCUT2D eigenvalue weighted by atomic mass is 9.82. The van der Waals surface area contributed by atoms with E-state index in [0.29, 0.717) is 5.92 Å². The Bertz CT molecular complexity index is 125. The number of hydrogen-bond acceptors (Lipinski definition) is 1. The molecule has 1 saturated carbocycles. The molecule has 1 aliphatic heterocycles. The van der Waals surface area contributed by atoms with Gasteiger partial charge in [0.1, 0.15) is 0 Å². The first kappa shape index (κ1) is 6.59. The fourth-order valence-electron chi connectivity index (χ4n) is 2.48. The number of hydrogen-bond donors (Lipinski definition) is 1.